The zero-order valence-corrected chi connectivity index (χ0v) is 12.9. The highest BCUT2D eigenvalue weighted by molar-refractivity contribution is 8.11. The van der Waals surface area contributed by atoms with Gasteiger partial charge in [0.05, 0.1) is 25.6 Å². The molecule has 0 N–H and O–H groups in total. The minimum Gasteiger partial charge on any atom is -0.495 e. The molecule has 0 spiro atoms. The molecule has 0 saturated heterocycles. The van der Waals surface area contributed by atoms with E-state index in [1.54, 1.807) is 14.2 Å². The molecule has 3 nitrogen and oxygen atoms in total. The second kappa shape index (κ2) is 6.63. The lowest BCUT2D eigenvalue weighted by atomic mass is 10.2. The number of rotatable bonds is 4. The number of para-hydroxylation sites is 4. The van der Waals surface area contributed by atoms with Gasteiger partial charge in [-0.1, -0.05) is 36.5 Å². The third-order valence-corrected chi connectivity index (χ3v) is 3.23. The Morgan fingerprint density at radius 1 is 0.900 bits per heavy atom. The van der Waals surface area contributed by atoms with Gasteiger partial charge < -0.3 is 9.47 Å². The van der Waals surface area contributed by atoms with Crippen molar-refractivity contribution in [2.45, 2.75) is 0 Å². The van der Waals surface area contributed by atoms with E-state index in [1.807, 2.05) is 53.4 Å². The predicted molar refractivity (Wildman–Crippen MR) is 89.7 cm³/mol. The molecule has 0 aliphatic carbocycles. The number of hydrogen-bond acceptors (Lipinski definition) is 3. The van der Waals surface area contributed by atoms with Crippen LogP contribution in [0.15, 0.2) is 48.5 Å². The SMILES string of the molecule is COc1ccccc1N(C(=S)S)c1ccccc1OC. The Labute approximate surface area is 129 Å². The second-order valence-corrected chi connectivity index (χ2v) is 5.07. The molecular weight excluding hydrogens is 290 g/mol. The highest BCUT2D eigenvalue weighted by Crippen LogP contribution is 2.39. The molecule has 0 radical (unpaired) electrons. The largest absolute Gasteiger partial charge is 0.495 e. The highest BCUT2D eigenvalue weighted by Gasteiger charge is 2.19. The van der Waals surface area contributed by atoms with Crippen LogP contribution in [0.5, 0.6) is 11.5 Å². The van der Waals surface area contributed by atoms with Gasteiger partial charge in [0.1, 0.15) is 15.8 Å². The second-order valence-electron chi connectivity index (χ2n) is 3.96. The molecule has 0 heterocycles. The molecule has 2 aromatic carbocycles. The average Bonchev–Trinajstić information content (AvgIpc) is 2.48. The summed E-state index contributed by atoms with van der Waals surface area (Å²) in [5.74, 6) is 1.43. The molecule has 20 heavy (non-hydrogen) atoms. The number of anilines is 2. The Kier molecular flexibility index (Phi) is 4.87. The van der Waals surface area contributed by atoms with Gasteiger partial charge >= 0.3 is 0 Å². The van der Waals surface area contributed by atoms with Gasteiger partial charge in [0.2, 0.25) is 0 Å². The molecule has 0 fully saturated rings. The maximum atomic E-state index is 5.40. The summed E-state index contributed by atoms with van der Waals surface area (Å²) in [5.41, 5.74) is 1.64. The molecule has 104 valence electrons. The lowest BCUT2D eigenvalue weighted by Gasteiger charge is -2.26. The molecule has 2 aromatic rings. The number of ether oxygens (including phenoxy) is 2. The Balaban J connectivity index is 2.60. The standard InChI is InChI=1S/C15H15NO2S2/c1-17-13-9-5-3-7-11(13)16(15(19)20)12-8-4-6-10-14(12)18-2/h3-10H,1-2H3,(H,19,20). The third kappa shape index (κ3) is 2.89. The molecule has 0 saturated carbocycles. The van der Waals surface area contributed by atoms with Gasteiger partial charge in [-0.2, -0.15) is 0 Å². The number of methoxy groups -OCH3 is 2. The van der Waals surface area contributed by atoms with Gasteiger partial charge in [0.25, 0.3) is 0 Å². The van der Waals surface area contributed by atoms with Crippen molar-refractivity contribution in [3.63, 3.8) is 0 Å². The Morgan fingerprint density at radius 3 is 1.65 bits per heavy atom. The molecule has 0 atom stereocenters. The first-order chi connectivity index (χ1) is 9.69. The van der Waals surface area contributed by atoms with Crippen LogP contribution in [0.4, 0.5) is 11.4 Å². The van der Waals surface area contributed by atoms with Crippen LogP contribution in [0.1, 0.15) is 0 Å². The maximum Gasteiger partial charge on any atom is 0.142 e. The van der Waals surface area contributed by atoms with E-state index in [2.05, 4.69) is 12.6 Å². The molecule has 2 rings (SSSR count). The van der Waals surface area contributed by atoms with E-state index in [-0.39, 0.29) is 0 Å². The number of hydrogen-bond donors (Lipinski definition) is 1. The van der Waals surface area contributed by atoms with Crippen LogP contribution < -0.4 is 14.4 Å². The summed E-state index contributed by atoms with van der Waals surface area (Å²) in [6.45, 7) is 0. The van der Waals surface area contributed by atoms with Crippen LogP contribution in [0.3, 0.4) is 0 Å². The summed E-state index contributed by atoms with van der Waals surface area (Å²) in [6, 6.07) is 15.3. The fourth-order valence-corrected chi connectivity index (χ4v) is 2.38. The van der Waals surface area contributed by atoms with Crippen LogP contribution in [0, 0.1) is 0 Å². The molecule has 0 aromatic heterocycles. The van der Waals surface area contributed by atoms with Crippen molar-refractivity contribution in [3.8, 4) is 11.5 Å². The van der Waals surface area contributed by atoms with Crippen LogP contribution >= 0.6 is 24.8 Å². The first-order valence-electron chi connectivity index (χ1n) is 5.98. The van der Waals surface area contributed by atoms with Gasteiger partial charge in [-0.15, -0.1) is 12.6 Å². The quantitative estimate of drug-likeness (QED) is 0.679. The Morgan fingerprint density at radius 2 is 1.30 bits per heavy atom. The van der Waals surface area contributed by atoms with Crippen molar-refractivity contribution >= 4 is 40.5 Å². The van der Waals surface area contributed by atoms with Crippen LogP contribution in [-0.2, 0) is 0 Å². The molecule has 0 bridgehead atoms. The summed E-state index contributed by atoms with van der Waals surface area (Å²) in [4.78, 5) is 1.82. The third-order valence-electron chi connectivity index (χ3n) is 2.84. The molecule has 0 aliphatic heterocycles. The summed E-state index contributed by atoms with van der Waals surface area (Å²) < 4.78 is 11.2. The lowest BCUT2D eigenvalue weighted by molar-refractivity contribution is 0.413. The van der Waals surface area contributed by atoms with Crippen molar-refractivity contribution < 1.29 is 9.47 Å². The van der Waals surface area contributed by atoms with E-state index in [0.29, 0.717) is 4.32 Å². The summed E-state index contributed by atoms with van der Waals surface area (Å²) in [6.07, 6.45) is 0. The Bertz CT molecular complexity index is 569. The van der Waals surface area contributed by atoms with E-state index in [4.69, 9.17) is 21.7 Å². The smallest absolute Gasteiger partial charge is 0.142 e. The fraction of sp³-hybridized carbons (Fsp3) is 0.133. The number of nitrogens with zero attached hydrogens (tertiary/aromatic N) is 1. The number of thiol groups is 1. The van der Waals surface area contributed by atoms with Crippen LogP contribution in [0.25, 0.3) is 0 Å². The van der Waals surface area contributed by atoms with Gasteiger partial charge in [0.15, 0.2) is 0 Å². The van der Waals surface area contributed by atoms with E-state index in [0.717, 1.165) is 22.9 Å². The lowest BCUT2D eigenvalue weighted by Crippen LogP contribution is -2.20. The first kappa shape index (κ1) is 14.7. The molecule has 0 aliphatic rings. The molecule has 5 heteroatoms. The van der Waals surface area contributed by atoms with Crippen molar-refractivity contribution in [3.05, 3.63) is 48.5 Å². The van der Waals surface area contributed by atoms with Crippen LogP contribution in [0.2, 0.25) is 0 Å². The van der Waals surface area contributed by atoms with Gasteiger partial charge in [-0.25, -0.2) is 0 Å². The minimum atomic E-state index is 0.416. The van der Waals surface area contributed by atoms with Crippen molar-refractivity contribution in [2.75, 3.05) is 19.1 Å². The van der Waals surface area contributed by atoms with Crippen molar-refractivity contribution in [2.24, 2.45) is 0 Å². The van der Waals surface area contributed by atoms with E-state index < -0.39 is 0 Å². The normalized spacial score (nSPS) is 9.95. The topological polar surface area (TPSA) is 21.7 Å². The zero-order valence-electron chi connectivity index (χ0n) is 11.2. The molecule has 0 amide bonds. The van der Waals surface area contributed by atoms with E-state index >= 15 is 0 Å². The first-order valence-corrected chi connectivity index (χ1v) is 6.83. The molecular formula is C15H15NO2S2. The fourth-order valence-electron chi connectivity index (χ4n) is 1.96. The minimum absolute atomic E-state index is 0.416. The van der Waals surface area contributed by atoms with E-state index in [9.17, 15) is 0 Å². The molecule has 0 unspecified atom stereocenters. The average molecular weight is 305 g/mol. The monoisotopic (exact) mass is 305 g/mol. The maximum absolute atomic E-state index is 5.40. The van der Waals surface area contributed by atoms with E-state index in [1.165, 1.54) is 0 Å². The van der Waals surface area contributed by atoms with Crippen molar-refractivity contribution in [1.29, 1.82) is 0 Å². The summed E-state index contributed by atoms with van der Waals surface area (Å²) >= 11 is 9.61. The predicted octanol–water partition coefficient (Wildman–Crippen LogP) is 4.06. The van der Waals surface area contributed by atoms with Crippen molar-refractivity contribution in [1.82, 2.24) is 0 Å². The number of thiocarbonyl (C=S) groups is 1. The Hall–Kier alpha value is -1.72. The highest BCUT2D eigenvalue weighted by atomic mass is 32.1. The number of benzene rings is 2. The summed E-state index contributed by atoms with van der Waals surface area (Å²) in [5, 5.41) is 0. The van der Waals surface area contributed by atoms with Gasteiger partial charge in [-0.05, 0) is 24.3 Å². The zero-order chi connectivity index (χ0) is 14.5. The summed E-state index contributed by atoms with van der Waals surface area (Å²) in [7, 11) is 3.25. The van der Waals surface area contributed by atoms with Gasteiger partial charge in [0, 0.05) is 0 Å². The van der Waals surface area contributed by atoms with Gasteiger partial charge in [-0.3, -0.25) is 4.90 Å². The van der Waals surface area contributed by atoms with Crippen LogP contribution in [-0.4, -0.2) is 18.5 Å².